The molecule has 3 unspecified atom stereocenters. The molecule has 3 heterocycles. The van der Waals surface area contributed by atoms with Crippen LogP contribution in [0.4, 0.5) is 0 Å². The van der Waals surface area contributed by atoms with Gasteiger partial charge in [-0.25, -0.2) is 0 Å². The van der Waals surface area contributed by atoms with Gasteiger partial charge in [0.2, 0.25) is 17.7 Å². The van der Waals surface area contributed by atoms with Crippen molar-refractivity contribution in [3.63, 3.8) is 0 Å². The van der Waals surface area contributed by atoms with Crippen LogP contribution in [0.5, 0.6) is 0 Å². The molecule has 3 fully saturated rings. The Bertz CT molecular complexity index is 1410. The number of hydrogen-bond donors (Lipinski definition) is 1. The van der Waals surface area contributed by atoms with E-state index in [1.807, 2.05) is 81.4 Å². The minimum absolute atomic E-state index is 0.0213. The van der Waals surface area contributed by atoms with E-state index in [2.05, 4.69) is 20.1 Å². The van der Waals surface area contributed by atoms with E-state index < -0.39 is 34.2 Å². The summed E-state index contributed by atoms with van der Waals surface area (Å²) < 4.78 is -0.791. The van der Waals surface area contributed by atoms with Crippen molar-refractivity contribution >= 4 is 29.5 Å². The van der Waals surface area contributed by atoms with Crippen molar-refractivity contribution in [1.82, 2.24) is 14.7 Å². The molecule has 7 atom stereocenters. The number of benzene rings is 2. The number of nitrogens with zero attached hydrogens (tertiary/aromatic N) is 3. The van der Waals surface area contributed by atoms with Gasteiger partial charge in [0.25, 0.3) is 0 Å². The molecule has 1 N–H and O–H groups in total. The number of thioether (sulfide) groups is 1. The molecule has 3 aliphatic rings. The van der Waals surface area contributed by atoms with E-state index >= 15 is 0 Å². The van der Waals surface area contributed by atoms with Gasteiger partial charge in [-0.1, -0.05) is 79.7 Å². The summed E-state index contributed by atoms with van der Waals surface area (Å²) in [5.74, 6) is -1.64. The first-order valence-electron chi connectivity index (χ1n) is 16.0. The van der Waals surface area contributed by atoms with Crippen molar-refractivity contribution in [2.75, 3.05) is 19.7 Å². The van der Waals surface area contributed by atoms with Crippen LogP contribution in [-0.4, -0.2) is 84.8 Å². The molecule has 2 aromatic rings. The number of carbonyl (C=O) groups excluding carboxylic acids is 3. The lowest BCUT2D eigenvalue weighted by molar-refractivity contribution is -0.148. The van der Waals surface area contributed by atoms with E-state index in [1.165, 1.54) is 0 Å². The molecule has 0 aliphatic carbocycles. The quantitative estimate of drug-likeness (QED) is 0.336. The van der Waals surface area contributed by atoms with E-state index in [0.717, 1.165) is 17.5 Å². The fourth-order valence-electron chi connectivity index (χ4n) is 7.93. The van der Waals surface area contributed by atoms with E-state index in [4.69, 9.17) is 0 Å². The Morgan fingerprint density at radius 3 is 2.18 bits per heavy atom. The molecule has 3 aliphatic heterocycles. The third kappa shape index (κ3) is 5.87. The fourth-order valence-corrected chi connectivity index (χ4v) is 10.3. The van der Waals surface area contributed by atoms with Crippen LogP contribution in [0.15, 0.2) is 86.0 Å². The first-order chi connectivity index (χ1) is 21.5. The molecule has 5 rings (SSSR count). The number of carbonyl (C=O) groups is 3. The summed E-state index contributed by atoms with van der Waals surface area (Å²) in [6.07, 6.45) is 4.60. The van der Waals surface area contributed by atoms with Crippen LogP contribution in [0.3, 0.4) is 0 Å². The predicted octanol–water partition coefficient (Wildman–Crippen LogP) is 4.96. The van der Waals surface area contributed by atoms with Gasteiger partial charge in [0.1, 0.15) is 6.04 Å². The average Bonchev–Trinajstić information content (AvgIpc) is 3.61. The molecular formula is C37H47N3O4S. The van der Waals surface area contributed by atoms with Crippen LogP contribution in [0.1, 0.15) is 45.2 Å². The van der Waals surface area contributed by atoms with E-state index in [0.29, 0.717) is 26.1 Å². The number of amides is 3. The summed E-state index contributed by atoms with van der Waals surface area (Å²) in [5, 5.41) is 10.8. The maximum atomic E-state index is 14.9. The van der Waals surface area contributed by atoms with Gasteiger partial charge in [0.05, 0.1) is 29.2 Å². The number of fused-ring (bicyclic) bond motifs is 1. The Morgan fingerprint density at radius 1 is 1.02 bits per heavy atom. The molecule has 2 bridgehead atoms. The van der Waals surface area contributed by atoms with Crippen molar-refractivity contribution in [2.24, 2.45) is 17.8 Å². The second kappa shape index (κ2) is 13.2. The molecule has 0 aromatic heterocycles. The highest BCUT2D eigenvalue weighted by atomic mass is 32.2. The Morgan fingerprint density at radius 2 is 1.62 bits per heavy atom. The van der Waals surface area contributed by atoms with Crippen LogP contribution in [0, 0.1) is 17.8 Å². The molecule has 3 amide bonds. The summed E-state index contributed by atoms with van der Waals surface area (Å²) in [5.41, 5.74) is 1.45. The minimum atomic E-state index is -0.820. The lowest BCUT2D eigenvalue weighted by Crippen LogP contribution is -2.62. The third-order valence-electron chi connectivity index (χ3n) is 9.89. The number of hydrogen-bond acceptors (Lipinski definition) is 5. The largest absolute Gasteiger partial charge is 0.394 e. The molecule has 7 nitrogen and oxygen atoms in total. The Balaban J connectivity index is 1.60. The normalized spacial score (nSPS) is 27.6. The molecule has 3 saturated heterocycles. The summed E-state index contributed by atoms with van der Waals surface area (Å²) >= 11 is 1.67. The first kappa shape index (κ1) is 33.0. The van der Waals surface area contributed by atoms with Gasteiger partial charge >= 0.3 is 0 Å². The first-order valence-corrected chi connectivity index (χ1v) is 16.9. The molecular weight excluding hydrogens is 582 g/mol. The number of aliphatic hydroxyl groups is 1. The van der Waals surface area contributed by atoms with Crippen molar-refractivity contribution in [1.29, 1.82) is 0 Å². The monoisotopic (exact) mass is 629 g/mol. The zero-order valence-electron chi connectivity index (χ0n) is 27.0. The van der Waals surface area contributed by atoms with Crippen molar-refractivity contribution in [3.8, 4) is 0 Å². The topological polar surface area (TPSA) is 81.2 Å². The molecule has 240 valence electrons. The van der Waals surface area contributed by atoms with Crippen LogP contribution in [0.25, 0.3) is 0 Å². The summed E-state index contributed by atoms with van der Waals surface area (Å²) in [7, 11) is 0. The van der Waals surface area contributed by atoms with Gasteiger partial charge in [-0.2, -0.15) is 0 Å². The predicted molar refractivity (Wildman–Crippen MR) is 180 cm³/mol. The standard InChI is InChI=1S/C37H47N3O4S/c1-7-19-38(23-27-17-13-10-14-18-27)33(42)30-29-21-25(3)37(45-29)31(30)34(43)40(28(24-41)22-26-15-11-9-12-16-26)32(37)35(44)39(20-8-2)36(4,5)6/h7-18,25,28-32,41H,1-2,19-24H2,3-6H3/t25?,28-,29+,30-,31+,32?,37?/m1/s1. The summed E-state index contributed by atoms with van der Waals surface area (Å²) in [4.78, 5) is 49.7. The summed E-state index contributed by atoms with van der Waals surface area (Å²) in [6, 6.07) is 18.2. The highest BCUT2D eigenvalue weighted by Crippen LogP contribution is 2.69. The lowest BCUT2D eigenvalue weighted by atomic mass is 9.65. The minimum Gasteiger partial charge on any atom is -0.394 e. The number of rotatable bonds is 12. The Kier molecular flexibility index (Phi) is 9.66. The maximum absolute atomic E-state index is 14.9. The molecule has 0 radical (unpaired) electrons. The van der Waals surface area contributed by atoms with Gasteiger partial charge in [0, 0.05) is 30.4 Å². The van der Waals surface area contributed by atoms with E-state index in [1.54, 1.807) is 38.6 Å². The van der Waals surface area contributed by atoms with Gasteiger partial charge in [-0.15, -0.1) is 24.9 Å². The highest BCUT2D eigenvalue weighted by Gasteiger charge is 2.77. The molecule has 45 heavy (non-hydrogen) atoms. The van der Waals surface area contributed by atoms with Crippen LogP contribution in [0.2, 0.25) is 0 Å². The van der Waals surface area contributed by atoms with Crippen molar-refractivity contribution in [3.05, 3.63) is 97.1 Å². The lowest BCUT2D eigenvalue weighted by Gasteiger charge is -2.45. The van der Waals surface area contributed by atoms with Gasteiger partial charge in [-0.3, -0.25) is 14.4 Å². The zero-order valence-corrected chi connectivity index (χ0v) is 27.8. The molecule has 0 saturated carbocycles. The van der Waals surface area contributed by atoms with Gasteiger partial charge < -0.3 is 19.8 Å². The van der Waals surface area contributed by atoms with E-state index in [-0.39, 0.29) is 35.5 Å². The Labute approximate surface area is 272 Å². The van der Waals surface area contributed by atoms with Gasteiger partial charge in [-0.05, 0) is 50.7 Å². The van der Waals surface area contributed by atoms with E-state index in [9.17, 15) is 19.5 Å². The smallest absolute Gasteiger partial charge is 0.247 e. The Hall–Kier alpha value is -3.36. The third-order valence-corrected chi connectivity index (χ3v) is 12.0. The molecule has 1 spiro atoms. The average molecular weight is 630 g/mol. The molecule has 8 heteroatoms. The fraction of sp³-hybridized carbons (Fsp3) is 0.486. The number of likely N-dealkylation sites (tertiary alicyclic amines) is 1. The second-order valence-corrected chi connectivity index (χ2v) is 15.3. The maximum Gasteiger partial charge on any atom is 0.247 e. The summed E-state index contributed by atoms with van der Waals surface area (Å²) in [6.45, 7) is 16.8. The van der Waals surface area contributed by atoms with Crippen LogP contribution < -0.4 is 0 Å². The zero-order chi connectivity index (χ0) is 32.5. The van der Waals surface area contributed by atoms with Crippen molar-refractivity contribution < 1.29 is 19.5 Å². The SMILES string of the molecule is C=CCN(Cc1ccccc1)C(=O)[C@@H]1[C@@H]2CC(C)C3(S2)C(C(=O)N(CC=C)C(C)(C)C)N([C@@H](CO)Cc2ccccc2)C(=O)[C@H]13. The van der Waals surface area contributed by atoms with Crippen molar-refractivity contribution in [2.45, 2.75) is 74.7 Å². The second-order valence-electron chi connectivity index (χ2n) is 13.7. The van der Waals surface area contributed by atoms with Crippen LogP contribution >= 0.6 is 11.8 Å². The number of aliphatic hydroxyl groups excluding tert-OH is 1. The molecule has 2 aromatic carbocycles. The highest BCUT2D eigenvalue weighted by molar-refractivity contribution is 8.02. The van der Waals surface area contributed by atoms with Crippen LogP contribution in [-0.2, 0) is 27.3 Å². The van der Waals surface area contributed by atoms with Gasteiger partial charge in [0.15, 0.2) is 0 Å².